The lowest BCUT2D eigenvalue weighted by atomic mass is 9.91. The normalized spacial score (nSPS) is 11.6. The maximum absolute atomic E-state index is 11.1. The number of nitro benzene ring substituents is 1. The van der Waals surface area contributed by atoms with E-state index < -0.39 is 0 Å². The largest absolute Gasteiger partial charge is 0.507 e. The summed E-state index contributed by atoms with van der Waals surface area (Å²) in [5.41, 5.74) is 3.36. The van der Waals surface area contributed by atoms with E-state index in [0.29, 0.717) is 11.3 Å². The molecule has 2 rings (SSSR count). The number of phenols is 1. The van der Waals surface area contributed by atoms with Gasteiger partial charge in [0, 0.05) is 6.07 Å². The highest BCUT2D eigenvalue weighted by atomic mass is 16.6. The van der Waals surface area contributed by atoms with E-state index in [4.69, 9.17) is 0 Å². The zero-order valence-electron chi connectivity index (χ0n) is 14.5. The summed E-state index contributed by atoms with van der Waals surface area (Å²) >= 11 is 0. The summed E-state index contributed by atoms with van der Waals surface area (Å²) in [5, 5.41) is 21.5. The van der Waals surface area contributed by atoms with Crippen molar-refractivity contribution in [2.45, 2.75) is 39.5 Å². The fourth-order valence-electron chi connectivity index (χ4n) is 2.66. The molecule has 0 radical (unpaired) electrons. The van der Waals surface area contributed by atoms with Crippen LogP contribution in [0.4, 0.5) is 5.69 Å². The average molecular weight is 325 g/mol. The zero-order valence-corrected chi connectivity index (χ0v) is 14.5. The second-order valence-electron chi connectivity index (χ2n) is 6.51. The van der Waals surface area contributed by atoms with Crippen LogP contribution in [-0.4, -0.2) is 10.0 Å². The highest BCUT2D eigenvalue weighted by Gasteiger charge is 2.15. The van der Waals surface area contributed by atoms with Crippen LogP contribution in [0.25, 0.3) is 12.2 Å². The number of rotatable bonds is 5. The van der Waals surface area contributed by atoms with Gasteiger partial charge in [0.05, 0.1) is 10.5 Å². The van der Waals surface area contributed by atoms with Crippen molar-refractivity contribution >= 4 is 17.8 Å². The lowest BCUT2D eigenvalue weighted by molar-refractivity contribution is -0.385. The van der Waals surface area contributed by atoms with Crippen LogP contribution in [-0.2, 0) is 0 Å². The van der Waals surface area contributed by atoms with Gasteiger partial charge in [-0.1, -0.05) is 45.9 Å². The molecule has 2 aromatic rings. The SMILES string of the molecule is CC(C)c1cc(/C=C/c2ccccc2[N+](=O)[O-])cc(C(C)C)c1O. The first-order valence-electron chi connectivity index (χ1n) is 8.09. The molecule has 4 heteroatoms. The first-order valence-corrected chi connectivity index (χ1v) is 8.09. The molecular formula is C20H23NO3. The van der Waals surface area contributed by atoms with Crippen molar-refractivity contribution in [1.29, 1.82) is 0 Å². The molecular weight excluding hydrogens is 302 g/mol. The summed E-state index contributed by atoms with van der Waals surface area (Å²) in [6.07, 6.45) is 3.61. The Morgan fingerprint density at radius 3 is 2.04 bits per heavy atom. The number of benzene rings is 2. The third kappa shape index (κ3) is 3.82. The summed E-state index contributed by atoms with van der Waals surface area (Å²) in [7, 11) is 0. The highest BCUT2D eigenvalue weighted by Crippen LogP contribution is 2.35. The molecule has 0 heterocycles. The molecule has 0 spiro atoms. The van der Waals surface area contributed by atoms with Gasteiger partial charge in [0.15, 0.2) is 0 Å². The minimum Gasteiger partial charge on any atom is -0.507 e. The third-order valence-corrected chi connectivity index (χ3v) is 4.02. The van der Waals surface area contributed by atoms with E-state index in [1.807, 2.05) is 45.9 Å². The minimum atomic E-state index is -0.379. The Hall–Kier alpha value is -2.62. The lowest BCUT2D eigenvalue weighted by Gasteiger charge is -2.16. The first-order chi connectivity index (χ1) is 11.3. The Kier molecular flexibility index (Phi) is 5.39. The number of nitrogens with zero attached hydrogens (tertiary/aromatic N) is 1. The summed E-state index contributed by atoms with van der Waals surface area (Å²) < 4.78 is 0. The molecule has 0 fully saturated rings. The van der Waals surface area contributed by atoms with Crippen LogP contribution in [0.2, 0.25) is 0 Å². The van der Waals surface area contributed by atoms with Crippen molar-refractivity contribution in [2.75, 3.05) is 0 Å². The van der Waals surface area contributed by atoms with E-state index in [2.05, 4.69) is 0 Å². The van der Waals surface area contributed by atoms with Gasteiger partial charge in [-0.25, -0.2) is 0 Å². The van der Waals surface area contributed by atoms with Crippen molar-refractivity contribution < 1.29 is 10.0 Å². The Morgan fingerprint density at radius 2 is 1.54 bits per heavy atom. The monoisotopic (exact) mass is 325 g/mol. The van der Waals surface area contributed by atoms with E-state index in [0.717, 1.165) is 16.7 Å². The zero-order chi connectivity index (χ0) is 17.9. The van der Waals surface area contributed by atoms with Gasteiger partial charge in [0.2, 0.25) is 0 Å². The summed E-state index contributed by atoms with van der Waals surface area (Å²) in [4.78, 5) is 10.7. The van der Waals surface area contributed by atoms with Gasteiger partial charge in [0.25, 0.3) is 5.69 Å². The van der Waals surface area contributed by atoms with Crippen LogP contribution in [0, 0.1) is 10.1 Å². The van der Waals surface area contributed by atoms with E-state index in [-0.39, 0.29) is 22.4 Å². The average Bonchev–Trinajstić information content (AvgIpc) is 2.53. The molecule has 0 aliphatic rings. The Labute approximate surface area is 142 Å². The number of hydrogen-bond acceptors (Lipinski definition) is 3. The van der Waals surface area contributed by atoms with E-state index in [9.17, 15) is 15.2 Å². The predicted octanol–water partition coefficient (Wildman–Crippen LogP) is 5.72. The standard InChI is InChI=1S/C20H23NO3/c1-13(2)17-11-15(12-18(14(3)4)20(17)22)9-10-16-7-5-6-8-19(16)21(23)24/h5-14,22H,1-4H3/b10-9+. The third-order valence-electron chi connectivity index (χ3n) is 4.02. The minimum absolute atomic E-state index is 0.0840. The molecule has 0 amide bonds. The second kappa shape index (κ2) is 7.30. The molecule has 0 unspecified atom stereocenters. The van der Waals surface area contributed by atoms with Crippen molar-refractivity contribution in [3.8, 4) is 5.75 Å². The van der Waals surface area contributed by atoms with Crippen LogP contribution in [0.1, 0.15) is 61.8 Å². The molecule has 0 bridgehead atoms. The number of nitro groups is 1. The van der Waals surface area contributed by atoms with Crippen LogP contribution in [0.15, 0.2) is 36.4 Å². The summed E-state index contributed by atoms with van der Waals surface area (Å²) in [6, 6.07) is 10.5. The molecule has 0 aliphatic heterocycles. The fourth-order valence-corrected chi connectivity index (χ4v) is 2.66. The van der Waals surface area contributed by atoms with Gasteiger partial charge in [-0.05, 0) is 52.8 Å². The molecule has 4 nitrogen and oxygen atoms in total. The quantitative estimate of drug-likeness (QED) is 0.434. The molecule has 0 aromatic heterocycles. The van der Waals surface area contributed by atoms with Gasteiger partial charge in [0.1, 0.15) is 5.75 Å². The summed E-state index contributed by atoms with van der Waals surface area (Å²) in [5.74, 6) is 0.742. The van der Waals surface area contributed by atoms with Crippen molar-refractivity contribution in [3.63, 3.8) is 0 Å². The molecule has 2 aromatic carbocycles. The van der Waals surface area contributed by atoms with Crippen LogP contribution < -0.4 is 0 Å². The lowest BCUT2D eigenvalue weighted by Crippen LogP contribution is -1.97. The molecule has 126 valence electrons. The van der Waals surface area contributed by atoms with Crippen molar-refractivity contribution in [2.24, 2.45) is 0 Å². The maximum atomic E-state index is 11.1. The fraction of sp³-hybridized carbons (Fsp3) is 0.300. The van der Waals surface area contributed by atoms with Crippen molar-refractivity contribution in [1.82, 2.24) is 0 Å². The molecule has 1 N–H and O–H groups in total. The number of phenolic OH excluding ortho intramolecular Hbond substituents is 1. The first kappa shape index (κ1) is 17.7. The van der Waals surface area contributed by atoms with Gasteiger partial charge in [-0.2, -0.15) is 0 Å². The summed E-state index contributed by atoms with van der Waals surface area (Å²) in [6.45, 7) is 8.15. The maximum Gasteiger partial charge on any atom is 0.276 e. The molecule has 24 heavy (non-hydrogen) atoms. The number of aromatic hydroxyl groups is 1. The van der Waals surface area contributed by atoms with Gasteiger partial charge >= 0.3 is 0 Å². The smallest absolute Gasteiger partial charge is 0.276 e. The Balaban J connectivity index is 2.48. The van der Waals surface area contributed by atoms with Gasteiger partial charge in [-0.3, -0.25) is 10.1 Å². The number of hydrogen-bond donors (Lipinski definition) is 1. The molecule has 0 aliphatic carbocycles. The van der Waals surface area contributed by atoms with E-state index >= 15 is 0 Å². The topological polar surface area (TPSA) is 63.4 Å². The molecule has 0 saturated carbocycles. The Bertz CT molecular complexity index is 747. The van der Waals surface area contributed by atoms with Gasteiger partial charge < -0.3 is 5.11 Å². The molecule has 0 atom stereocenters. The Morgan fingerprint density at radius 1 is 1.00 bits per heavy atom. The number of para-hydroxylation sites is 1. The molecule has 0 saturated heterocycles. The predicted molar refractivity (Wildman–Crippen MR) is 98.3 cm³/mol. The van der Waals surface area contributed by atoms with E-state index in [1.165, 1.54) is 6.07 Å². The van der Waals surface area contributed by atoms with Gasteiger partial charge in [-0.15, -0.1) is 0 Å². The van der Waals surface area contributed by atoms with Crippen LogP contribution in [0.5, 0.6) is 5.75 Å². The second-order valence-corrected chi connectivity index (χ2v) is 6.51. The van der Waals surface area contributed by atoms with Crippen LogP contribution in [0.3, 0.4) is 0 Å². The van der Waals surface area contributed by atoms with E-state index in [1.54, 1.807) is 24.3 Å². The van der Waals surface area contributed by atoms with Crippen molar-refractivity contribution in [3.05, 3.63) is 68.8 Å². The highest BCUT2D eigenvalue weighted by molar-refractivity contribution is 5.75. The van der Waals surface area contributed by atoms with Crippen LogP contribution >= 0.6 is 0 Å².